The maximum Gasteiger partial charge on any atom is 0.176 e. The van der Waals surface area contributed by atoms with Crippen LogP contribution in [0.15, 0.2) is 66.7 Å². The summed E-state index contributed by atoms with van der Waals surface area (Å²) in [7, 11) is 0. The number of hydrogen-bond acceptors (Lipinski definition) is 2. The van der Waals surface area contributed by atoms with Gasteiger partial charge in [-0.25, -0.2) is 4.98 Å². The van der Waals surface area contributed by atoms with Gasteiger partial charge < -0.3 is 4.84 Å². The van der Waals surface area contributed by atoms with Crippen molar-refractivity contribution < 1.29 is 4.84 Å². The maximum atomic E-state index is 6.19. The zero-order valence-electron chi connectivity index (χ0n) is 14.1. The second kappa shape index (κ2) is 7.02. The summed E-state index contributed by atoms with van der Waals surface area (Å²) in [6.07, 6.45) is 0. The molecule has 0 aliphatic heterocycles. The number of halogens is 2. The first-order valence-electron chi connectivity index (χ1n) is 8.23. The quantitative estimate of drug-likeness (QED) is 0.436. The van der Waals surface area contributed by atoms with Crippen molar-refractivity contribution in [1.82, 2.24) is 9.71 Å². The fraction of sp³-hybridized carbons (Fsp3) is 0.0952. The Morgan fingerprint density at radius 2 is 1.58 bits per heavy atom. The van der Waals surface area contributed by atoms with E-state index in [0.29, 0.717) is 22.5 Å². The third-order valence-electron chi connectivity index (χ3n) is 4.16. The van der Waals surface area contributed by atoms with E-state index in [0.717, 1.165) is 22.2 Å². The number of nitrogens with zero attached hydrogens (tertiary/aromatic N) is 2. The molecule has 4 rings (SSSR count). The van der Waals surface area contributed by atoms with Crippen LogP contribution in [0.1, 0.15) is 11.1 Å². The molecule has 1 heterocycles. The molecule has 3 aromatic carbocycles. The molecule has 0 bridgehead atoms. The summed E-state index contributed by atoms with van der Waals surface area (Å²) in [6.45, 7) is 2.49. The van der Waals surface area contributed by atoms with E-state index in [1.165, 1.54) is 5.56 Å². The highest BCUT2D eigenvalue weighted by Gasteiger charge is 2.14. The second-order valence-corrected chi connectivity index (χ2v) is 7.00. The summed E-state index contributed by atoms with van der Waals surface area (Å²) in [6, 6.07) is 21.4. The van der Waals surface area contributed by atoms with Crippen LogP contribution in [0.25, 0.3) is 22.4 Å². The Hall–Kier alpha value is -2.49. The van der Waals surface area contributed by atoms with Crippen molar-refractivity contribution in [3.8, 4) is 11.4 Å². The first kappa shape index (κ1) is 17.0. The van der Waals surface area contributed by atoms with Gasteiger partial charge in [-0.15, -0.1) is 0 Å². The fourth-order valence-corrected chi connectivity index (χ4v) is 3.05. The van der Waals surface area contributed by atoms with Crippen LogP contribution in [0.2, 0.25) is 10.0 Å². The van der Waals surface area contributed by atoms with Crippen molar-refractivity contribution in [2.75, 3.05) is 0 Å². The second-order valence-electron chi connectivity index (χ2n) is 6.13. The first-order valence-corrected chi connectivity index (χ1v) is 8.98. The van der Waals surface area contributed by atoms with Gasteiger partial charge in [0.2, 0.25) is 0 Å². The van der Waals surface area contributed by atoms with Gasteiger partial charge >= 0.3 is 0 Å². The lowest BCUT2D eigenvalue weighted by atomic mass is 10.2. The molecule has 0 spiro atoms. The van der Waals surface area contributed by atoms with Gasteiger partial charge in [0.25, 0.3) is 0 Å². The Morgan fingerprint density at radius 3 is 2.31 bits per heavy atom. The van der Waals surface area contributed by atoms with Crippen molar-refractivity contribution in [2.24, 2.45) is 0 Å². The van der Waals surface area contributed by atoms with Gasteiger partial charge in [0.05, 0.1) is 5.52 Å². The van der Waals surface area contributed by atoms with Gasteiger partial charge in [0.15, 0.2) is 5.82 Å². The third kappa shape index (κ3) is 3.41. The summed E-state index contributed by atoms with van der Waals surface area (Å²) in [5.41, 5.74) is 4.88. The zero-order chi connectivity index (χ0) is 18.1. The minimum atomic E-state index is 0.429. The van der Waals surface area contributed by atoms with Crippen LogP contribution in [0, 0.1) is 6.92 Å². The summed E-state index contributed by atoms with van der Waals surface area (Å²) >= 11 is 12.2. The minimum absolute atomic E-state index is 0.429. The number of hydrogen-bond donors (Lipinski definition) is 0. The van der Waals surface area contributed by atoms with Crippen molar-refractivity contribution in [2.45, 2.75) is 13.5 Å². The summed E-state index contributed by atoms with van der Waals surface area (Å²) in [4.78, 5) is 10.8. The van der Waals surface area contributed by atoms with E-state index in [4.69, 9.17) is 33.0 Å². The number of benzene rings is 3. The molecule has 0 amide bonds. The van der Waals surface area contributed by atoms with Crippen LogP contribution in [0.3, 0.4) is 0 Å². The SMILES string of the molecule is Cc1ccc(COn2c(-c3ccc(Cl)cc3)nc3ccc(Cl)cc32)cc1. The minimum Gasteiger partial charge on any atom is -0.407 e. The van der Waals surface area contributed by atoms with Crippen LogP contribution in [0.4, 0.5) is 0 Å². The zero-order valence-corrected chi connectivity index (χ0v) is 15.6. The third-order valence-corrected chi connectivity index (χ3v) is 4.65. The predicted molar refractivity (Wildman–Crippen MR) is 107 cm³/mol. The lowest BCUT2D eigenvalue weighted by molar-refractivity contribution is 0.110. The molecule has 1 aromatic heterocycles. The lowest BCUT2D eigenvalue weighted by Gasteiger charge is -2.11. The van der Waals surface area contributed by atoms with Crippen LogP contribution >= 0.6 is 23.2 Å². The molecular formula is C21H16Cl2N2O. The van der Waals surface area contributed by atoms with Crippen molar-refractivity contribution >= 4 is 34.2 Å². The fourth-order valence-electron chi connectivity index (χ4n) is 2.76. The van der Waals surface area contributed by atoms with Crippen LogP contribution in [0.5, 0.6) is 0 Å². The van der Waals surface area contributed by atoms with E-state index in [2.05, 4.69) is 31.2 Å². The molecule has 4 aromatic rings. The Morgan fingerprint density at radius 1 is 0.885 bits per heavy atom. The molecule has 130 valence electrons. The van der Waals surface area contributed by atoms with Crippen LogP contribution in [-0.2, 0) is 6.61 Å². The predicted octanol–water partition coefficient (Wildman–Crippen LogP) is 5.95. The maximum absolute atomic E-state index is 6.19. The summed E-state index contributed by atoms with van der Waals surface area (Å²) < 4.78 is 1.74. The summed E-state index contributed by atoms with van der Waals surface area (Å²) in [5, 5.41) is 1.32. The molecule has 0 atom stereocenters. The monoisotopic (exact) mass is 382 g/mol. The Kier molecular flexibility index (Phi) is 4.58. The van der Waals surface area contributed by atoms with Crippen LogP contribution < -0.4 is 4.84 Å². The van der Waals surface area contributed by atoms with Gasteiger partial charge in [-0.2, -0.15) is 4.73 Å². The number of aromatic nitrogens is 2. The van der Waals surface area contributed by atoms with E-state index >= 15 is 0 Å². The molecule has 3 nitrogen and oxygen atoms in total. The largest absolute Gasteiger partial charge is 0.407 e. The van der Waals surface area contributed by atoms with Gasteiger partial charge in [0, 0.05) is 15.6 Å². The van der Waals surface area contributed by atoms with E-state index in [-0.39, 0.29) is 0 Å². The van der Waals surface area contributed by atoms with Crippen LogP contribution in [-0.4, -0.2) is 9.71 Å². The van der Waals surface area contributed by atoms with Gasteiger partial charge in [-0.1, -0.05) is 53.0 Å². The number of imidazole rings is 1. The van der Waals surface area contributed by atoms with Crippen molar-refractivity contribution in [3.63, 3.8) is 0 Å². The van der Waals surface area contributed by atoms with Gasteiger partial charge in [-0.05, 0) is 55.0 Å². The Balaban J connectivity index is 1.76. The molecule has 0 saturated carbocycles. The van der Waals surface area contributed by atoms with E-state index in [9.17, 15) is 0 Å². The molecule has 0 saturated heterocycles. The average molecular weight is 383 g/mol. The molecule has 0 aliphatic rings. The molecule has 0 aliphatic carbocycles. The normalized spacial score (nSPS) is 11.0. The average Bonchev–Trinajstić information content (AvgIpc) is 2.99. The van der Waals surface area contributed by atoms with E-state index in [1.807, 2.05) is 42.5 Å². The molecule has 5 heteroatoms. The highest BCUT2D eigenvalue weighted by atomic mass is 35.5. The standard InChI is InChI=1S/C21H16Cl2N2O/c1-14-2-4-15(5-3-14)13-26-25-20-12-18(23)10-11-19(20)24-21(25)16-6-8-17(22)9-7-16/h2-12H,13H2,1H3. The Labute approximate surface area is 161 Å². The van der Waals surface area contributed by atoms with E-state index in [1.54, 1.807) is 4.73 Å². The van der Waals surface area contributed by atoms with Gasteiger partial charge in [0.1, 0.15) is 12.1 Å². The number of rotatable bonds is 4. The smallest absolute Gasteiger partial charge is 0.176 e. The lowest BCUT2D eigenvalue weighted by Crippen LogP contribution is -2.12. The molecule has 0 fully saturated rings. The van der Waals surface area contributed by atoms with Crippen molar-refractivity contribution in [3.05, 3.63) is 87.9 Å². The molecular weight excluding hydrogens is 367 g/mol. The molecule has 0 radical (unpaired) electrons. The molecule has 26 heavy (non-hydrogen) atoms. The molecule has 0 unspecified atom stereocenters. The Bertz CT molecular complexity index is 1050. The van der Waals surface area contributed by atoms with Gasteiger partial charge in [-0.3, -0.25) is 0 Å². The summed E-state index contributed by atoms with van der Waals surface area (Å²) in [5.74, 6) is 0.714. The highest BCUT2D eigenvalue weighted by molar-refractivity contribution is 6.31. The first-order chi connectivity index (χ1) is 12.6. The number of aryl methyl sites for hydroxylation is 1. The van der Waals surface area contributed by atoms with Crippen molar-refractivity contribution in [1.29, 1.82) is 0 Å². The molecule has 0 N–H and O–H groups in total. The highest BCUT2D eigenvalue weighted by Crippen LogP contribution is 2.27. The number of fused-ring (bicyclic) bond motifs is 1. The topological polar surface area (TPSA) is 27.1 Å². The van der Waals surface area contributed by atoms with E-state index < -0.39 is 0 Å².